The summed E-state index contributed by atoms with van der Waals surface area (Å²) in [4.78, 5) is 17.3. The van der Waals surface area contributed by atoms with Crippen molar-refractivity contribution in [2.24, 2.45) is 0 Å². The minimum Gasteiger partial charge on any atom is -0.334 e. The van der Waals surface area contributed by atoms with Gasteiger partial charge in [-0.2, -0.15) is 0 Å². The summed E-state index contributed by atoms with van der Waals surface area (Å²) in [7, 11) is 0. The Hall–Kier alpha value is -1.32. The van der Waals surface area contributed by atoms with E-state index in [4.69, 9.17) is 0 Å². The average molecular weight is 165 g/mol. The number of carbonyl (C=O) groups is 1. The van der Waals surface area contributed by atoms with Gasteiger partial charge in [0, 0.05) is 18.9 Å². The molecule has 2 heterocycles. The lowest BCUT2D eigenvalue weighted by Gasteiger charge is -2.25. The molecule has 2 rings (SSSR count). The van der Waals surface area contributed by atoms with E-state index < -0.39 is 0 Å². The van der Waals surface area contributed by atoms with Crippen LogP contribution in [-0.4, -0.2) is 26.9 Å². The van der Waals surface area contributed by atoms with E-state index in [1.165, 1.54) is 0 Å². The number of carbonyl (C=O) groups excluding carboxylic acids is 1. The van der Waals surface area contributed by atoms with Crippen molar-refractivity contribution in [2.45, 2.75) is 20.0 Å². The first-order valence-electron chi connectivity index (χ1n) is 4.09. The van der Waals surface area contributed by atoms with Gasteiger partial charge in [0.25, 0.3) is 0 Å². The van der Waals surface area contributed by atoms with Crippen LogP contribution in [0.3, 0.4) is 0 Å². The molecule has 0 unspecified atom stereocenters. The maximum atomic E-state index is 11.4. The molecule has 1 aliphatic heterocycles. The highest BCUT2D eigenvalue weighted by molar-refractivity contribution is 5.76. The van der Waals surface area contributed by atoms with Crippen LogP contribution in [0.15, 0.2) is 12.4 Å². The molecule has 1 amide bonds. The molecule has 1 aliphatic rings. The molecule has 64 valence electrons. The smallest absolute Gasteiger partial charge is 0.242 e. The highest BCUT2D eigenvalue weighted by atomic mass is 16.2. The van der Waals surface area contributed by atoms with Crippen molar-refractivity contribution in [1.29, 1.82) is 0 Å². The molecule has 0 saturated carbocycles. The zero-order chi connectivity index (χ0) is 8.55. The number of imidazole rings is 1. The van der Waals surface area contributed by atoms with Gasteiger partial charge >= 0.3 is 0 Å². The Balaban J connectivity index is 2.29. The van der Waals surface area contributed by atoms with Gasteiger partial charge in [-0.1, -0.05) is 0 Å². The summed E-state index contributed by atoms with van der Waals surface area (Å²) in [5, 5.41) is 0. The number of hydrogen-bond acceptors (Lipinski definition) is 2. The van der Waals surface area contributed by atoms with Crippen LogP contribution in [0.25, 0.3) is 0 Å². The van der Waals surface area contributed by atoms with Gasteiger partial charge in [0.1, 0.15) is 12.4 Å². The Morgan fingerprint density at radius 3 is 3.17 bits per heavy atom. The largest absolute Gasteiger partial charge is 0.334 e. The van der Waals surface area contributed by atoms with E-state index >= 15 is 0 Å². The van der Waals surface area contributed by atoms with Crippen molar-refractivity contribution in [1.82, 2.24) is 14.5 Å². The minimum atomic E-state index is 0.183. The van der Waals surface area contributed by atoms with Crippen molar-refractivity contribution in [2.75, 3.05) is 6.54 Å². The average Bonchev–Trinajstić information content (AvgIpc) is 2.49. The van der Waals surface area contributed by atoms with Crippen LogP contribution in [0.1, 0.15) is 12.7 Å². The van der Waals surface area contributed by atoms with Crippen LogP contribution in [-0.2, 0) is 17.9 Å². The highest BCUT2D eigenvalue weighted by Crippen LogP contribution is 2.10. The summed E-state index contributed by atoms with van der Waals surface area (Å²) in [5.74, 6) is 1.17. The van der Waals surface area contributed by atoms with E-state index in [2.05, 4.69) is 4.98 Å². The Morgan fingerprint density at radius 1 is 1.58 bits per heavy atom. The van der Waals surface area contributed by atoms with Gasteiger partial charge in [0.15, 0.2) is 0 Å². The standard InChI is InChI=1S/C8H11N3O/c1-2-10-5-7-9-3-4-11(7)6-8(10)12/h3-4H,2,5-6H2,1H3. The lowest BCUT2D eigenvalue weighted by Crippen LogP contribution is -2.38. The second-order valence-electron chi connectivity index (χ2n) is 2.88. The fourth-order valence-corrected chi connectivity index (χ4v) is 1.43. The molecule has 0 atom stereocenters. The van der Waals surface area contributed by atoms with E-state index in [0.717, 1.165) is 12.4 Å². The third kappa shape index (κ3) is 0.995. The fraction of sp³-hybridized carbons (Fsp3) is 0.500. The fourth-order valence-electron chi connectivity index (χ4n) is 1.43. The molecule has 0 bridgehead atoms. The van der Waals surface area contributed by atoms with E-state index in [9.17, 15) is 4.79 Å². The summed E-state index contributed by atoms with van der Waals surface area (Å²) in [6.45, 7) is 3.85. The number of fused-ring (bicyclic) bond motifs is 1. The molecule has 12 heavy (non-hydrogen) atoms. The highest BCUT2D eigenvalue weighted by Gasteiger charge is 2.21. The van der Waals surface area contributed by atoms with Crippen LogP contribution >= 0.6 is 0 Å². The topological polar surface area (TPSA) is 38.1 Å². The molecule has 4 nitrogen and oxygen atoms in total. The Labute approximate surface area is 70.8 Å². The van der Waals surface area contributed by atoms with E-state index in [1.807, 2.05) is 22.6 Å². The summed E-state index contributed by atoms with van der Waals surface area (Å²) in [6, 6.07) is 0. The second-order valence-corrected chi connectivity index (χ2v) is 2.88. The van der Waals surface area contributed by atoms with Crippen molar-refractivity contribution in [3.63, 3.8) is 0 Å². The van der Waals surface area contributed by atoms with Crippen LogP contribution in [0, 0.1) is 0 Å². The number of nitrogens with zero attached hydrogens (tertiary/aromatic N) is 3. The summed E-state index contributed by atoms with van der Waals surface area (Å²) < 4.78 is 1.90. The summed E-state index contributed by atoms with van der Waals surface area (Å²) in [5.41, 5.74) is 0. The first-order chi connectivity index (χ1) is 5.81. The Morgan fingerprint density at radius 2 is 2.42 bits per heavy atom. The molecule has 0 saturated heterocycles. The first-order valence-corrected chi connectivity index (χ1v) is 4.09. The summed E-state index contributed by atoms with van der Waals surface area (Å²) >= 11 is 0. The lowest BCUT2D eigenvalue weighted by molar-refractivity contribution is -0.133. The molecule has 0 radical (unpaired) electrons. The zero-order valence-corrected chi connectivity index (χ0v) is 7.03. The molecule has 1 aromatic heterocycles. The van der Waals surface area contributed by atoms with Crippen molar-refractivity contribution < 1.29 is 4.79 Å². The number of rotatable bonds is 1. The third-order valence-electron chi connectivity index (χ3n) is 2.17. The predicted molar refractivity (Wildman–Crippen MR) is 43.3 cm³/mol. The van der Waals surface area contributed by atoms with Gasteiger partial charge in [-0.05, 0) is 6.92 Å². The van der Waals surface area contributed by atoms with E-state index in [-0.39, 0.29) is 5.91 Å². The van der Waals surface area contributed by atoms with Gasteiger partial charge in [0.05, 0.1) is 6.54 Å². The number of hydrogen-bond donors (Lipinski definition) is 0. The summed E-state index contributed by atoms with van der Waals surface area (Å²) in [6.07, 6.45) is 3.59. The predicted octanol–water partition coefficient (Wildman–Crippen LogP) is 0.245. The molecule has 1 aromatic rings. The Kier molecular flexibility index (Phi) is 1.60. The molecule has 0 aromatic carbocycles. The third-order valence-corrected chi connectivity index (χ3v) is 2.17. The second kappa shape index (κ2) is 2.62. The molecule has 0 N–H and O–H groups in total. The Bertz CT molecular complexity index is 305. The molecule has 0 fully saturated rings. The SMILES string of the molecule is CCN1Cc2nccn2CC1=O. The van der Waals surface area contributed by atoms with Crippen LogP contribution in [0.4, 0.5) is 0 Å². The van der Waals surface area contributed by atoms with Crippen LogP contribution in [0.5, 0.6) is 0 Å². The van der Waals surface area contributed by atoms with Gasteiger partial charge in [-0.25, -0.2) is 4.98 Å². The minimum absolute atomic E-state index is 0.183. The van der Waals surface area contributed by atoms with Gasteiger partial charge in [-0.3, -0.25) is 4.79 Å². The monoisotopic (exact) mass is 165 g/mol. The molecule has 4 heteroatoms. The molecular formula is C8H11N3O. The van der Waals surface area contributed by atoms with Gasteiger partial charge in [0.2, 0.25) is 5.91 Å². The normalized spacial score (nSPS) is 16.4. The van der Waals surface area contributed by atoms with E-state index in [1.54, 1.807) is 6.20 Å². The van der Waals surface area contributed by atoms with Crippen molar-refractivity contribution in [3.8, 4) is 0 Å². The van der Waals surface area contributed by atoms with Gasteiger partial charge in [-0.15, -0.1) is 0 Å². The van der Waals surface area contributed by atoms with Gasteiger partial charge < -0.3 is 9.47 Å². The number of amides is 1. The quantitative estimate of drug-likeness (QED) is 0.598. The molecule has 0 aliphatic carbocycles. The van der Waals surface area contributed by atoms with Crippen LogP contribution in [0.2, 0.25) is 0 Å². The maximum absolute atomic E-state index is 11.4. The number of likely N-dealkylation sites (N-methyl/N-ethyl adjacent to an activating group) is 1. The lowest BCUT2D eigenvalue weighted by atomic mass is 10.3. The zero-order valence-electron chi connectivity index (χ0n) is 7.03. The molecule has 0 spiro atoms. The van der Waals surface area contributed by atoms with Crippen molar-refractivity contribution in [3.05, 3.63) is 18.2 Å². The van der Waals surface area contributed by atoms with Crippen LogP contribution < -0.4 is 0 Å². The number of aromatic nitrogens is 2. The first kappa shape index (κ1) is 7.34. The molecular weight excluding hydrogens is 154 g/mol. The van der Waals surface area contributed by atoms with E-state index in [0.29, 0.717) is 13.1 Å². The maximum Gasteiger partial charge on any atom is 0.242 e. The van der Waals surface area contributed by atoms with Crippen molar-refractivity contribution >= 4 is 5.91 Å².